The molecular formula is C19H20N2O6S. The fraction of sp³-hybridized carbons (Fsp3) is 0.263. The Morgan fingerprint density at radius 3 is 2.54 bits per heavy atom. The van der Waals surface area contributed by atoms with Crippen molar-refractivity contribution in [2.45, 2.75) is 17.7 Å². The molecule has 1 heterocycles. The van der Waals surface area contributed by atoms with E-state index in [-0.39, 0.29) is 22.1 Å². The first-order valence-corrected chi connectivity index (χ1v) is 10.0. The van der Waals surface area contributed by atoms with Crippen molar-refractivity contribution in [3.63, 3.8) is 0 Å². The molecule has 2 aromatic carbocycles. The third kappa shape index (κ3) is 3.79. The molecule has 0 aliphatic carbocycles. The van der Waals surface area contributed by atoms with Crippen LogP contribution < -0.4 is 14.4 Å². The van der Waals surface area contributed by atoms with E-state index in [1.165, 1.54) is 49.5 Å². The van der Waals surface area contributed by atoms with Gasteiger partial charge in [0.05, 0.1) is 36.1 Å². The second-order valence-electron chi connectivity index (χ2n) is 6.13. The molecule has 2 aromatic rings. The van der Waals surface area contributed by atoms with Gasteiger partial charge in [0.15, 0.2) is 0 Å². The lowest BCUT2D eigenvalue weighted by Crippen LogP contribution is -2.25. The minimum absolute atomic E-state index is 0.0531. The van der Waals surface area contributed by atoms with Gasteiger partial charge in [-0.3, -0.25) is 9.52 Å². The third-order valence-electron chi connectivity index (χ3n) is 4.40. The van der Waals surface area contributed by atoms with Crippen molar-refractivity contribution in [2.75, 3.05) is 30.4 Å². The maximum absolute atomic E-state index is 12.9. The maximum Gasteiger partial charge on any atom is 0.339 e. The summed E-state index contributed by atoms with van der Waals surface area (Å²) >= 11 is 0. The molecule has 0 atom stereocenters. The van der Waals surface area contributed by atoms with E-state index in [4.69, 9.17) is 9.47 Å². The molecule has 28 heavy (non-hydrogen) atoms. The summed E-state index contributed by atoms with van der Waals surface area (Å²) in [4.78, 5) is 25.4. The van der Waals surface area contributed by atoms with Gasteiger partial charge in [-0.05, 0) is 36.8 Å². The lowest BCUT2D eigenvalue weighted by Gasteiger charge is -2.20. The van der Waals surface area contributed by atoms with Crippen molar-refractivity contribution in [1.29, 1.82) is 0 Å². The normalized spacial score (nSPS) is 14.1. The van der Waals surface area contributed by atoms with Crippen LogP contribution in [0.2, 0.25) is 0 Å². The van der Waals surface area contributed by atoms with E-state index in [0.717, 1.165) is 0 Å². The topological polar surface area (TPSA) is 102 Å². The molecule has 8 nitrogen and oxygen atoms in total. The Bertz CT molecular complexity index is 1020. The number of methoxy groups -OCH3 is 2. The first-order chi connectivity index (χ1) is 13.4. The molecule has 1 amide bonds. The number of rotatable bonds is 6. The zero-order chi connectivity index (χ0) is 20.3. The summed E-state index contributed by atoms with van der Waals surface area (Å²) in [6, 6.07) is 10.4. The van der Waals surface area contributed by atoms with E-state index in [9.17, 15) is 18.0 Å². The molecule has 1 saturated heterocycles. The van der Waals surface area contributed by atoms with Crippen molar-refractivity contribution in [2.24, 2.45) is 0 Å². The van der Waals surface area contributed by atoms with Crippen LogP contribution in [0.15, 0.2) is 47.4 Å². The van der Waals surface area contributed by atoms with Crippen LogP contribution in [0.3, 0.4) is 0 Å². The van der Waals surface area contributed by atoms with E-state index < -0.39 is 16.0 Å². The number of para-hydroxylation sites is 1. The van der Waals surface area contributed by atoms with Crippen LogP contribution in [0.5, 0.6) is 5.75 Å². The molecule has 1 N–H and O–H groups in total. The van der Waals surface area contributed by atoms with Gasteiger partial charge in [0.1, 0.15) is 5.75 Å². The number of benzene rings is 2. The number of nitrogens with one attached hydrogen (secondary N) is 1. The summed E-state index contributed by atoms with van der Waals surface area (Å²) < 4.78 is 38.2. The third-order valence-corrected chi connectivity index (χ3v) is 5.76. The van der Waals surface area contributed by atoms with E-state index >= 15 is 0 Å². The second-order valence-corrected chi connectivity index (χ2v) is 7.81. The molecule has 148 valence electrons. The number of hydrogen-bond donors (Lipinski definition) is 1. The zero-order valence-corrected chi connectivity index (χ0v) is 16.3. The second kappa shape index (κ2) is 7.89. The van der Waals surface area contributed by atoms with Gasteiger partial charge in [-0.15, -0.1) is 0 Å². The average Bonchev–Trinajstić information content (AvgIpc) is 3.12. The Morgan fingerprint density at radius 1 is 1.14 bits per heavy atom. The highest BCUT2D eigenvalue weighted by atomic mass is 32.2. The fourth-order valence-electron chi connectivity index (χ4n) is 3.01. The Kier molecular flexibility index (Phi) is 5.55. The highest BCUT2D eigenvalue weighted by molar-refractivity contribution is 7.92. The van der Waals surface area contributed by atoms with Gasteiger partial charge >= 0.3 is 5.97 Å². The predicted octanol–water partition coefficient (Wildman–Crippen LogP) is 2.41. The minimum atomic E-state index is -4.02. The molecule has 0 spiro atoms. The van der Waals surface area contributed by atoms with E-state index in [2.05, 4.69) is 4.72 Å². The minimum Gasteiger partial charge on any atom is -0.495 e. The molecule has 0 aromatic heterocycles. The van der Waals surface area contributed by atoms with Crippen LogP contribution >= 0.6 is 0 Å². The smallest absolute Gasteiger partial charge is 0.339 e. The Balaban J connectivity index is 1.99. The summed E-state index contributed by atoms with van der Waals surface area (Å²) in [5, 5.41) is 0. The van der Waals surface area contributed by atoms with Crippen molar-refractivity contribution in [3.05, 3.63) is 48.0 Å². The molecule has 0 saturated carbocycles. The van der Waals surface area contributed by atoms with Gasteiger partial charge in [0.25, 0.3) is 10.0 Å². The summed E-state index contributed by atoms with van der Waals surface area (Å²) in [5.74, 6) is -0.336. The van der Waals surface area contributed by atoms with Gasteiger partial charge < -0.3 is 14.4 Å². The Morgan fingerprint density at radius 2 is 1.89 bits per heavy atom. The molecule has 1 fully saturated rings. The van der Waals surface area contributed by atoms with Crippen LogP contribution in [0.1, 0.15) is 23.2 Å². The first-order valence-electron chi connectivity index (χ1n) is 8.56. The van der Waals surface area contributed by atoms with Gasteiger partial charge in [0, 0.05) is 13.0 Å². The van der Waals surface area contributed by atoms with E-state index in [0.29, 0.717) is 30.8 Å². The molecule has 3 rings (SSSR count). The molecule has 0 bridgehead atoms. The maximum atomic E-state index is 12.9. The van der Waals surface area contributed by atoms with Crippen LogP contribution in [0, 0.1) is 0 Å². The van der Waals surface area contributed by atoms with Gasteiger partial charge in [-0.2, -0.15) is 0 Å². The van der Waals surface area contributed by atoms with Crippen LogP contribution in [0.25, 0.3) is 0 Å². The largest absolute Gasteiger partial charge is 0.495 e. The van der Waals surface area contributed by atoms with Crippen molar-refractivity contribution in [1.82, 2.24) is 0 Å². The quantitative estimate of drug-likeness (QED) is 0.742. The molecular weight excluding hydrogens is 384 g/mol. The summed E-state index contributed by atoms with van der Waals surface area (Å²) in [5.41, 5.74) is 0.593. The highest BCUT2D eigenvalue weighted by Crippen LogP contribution is 2.34. The summed E-state index contributed by atoms with van der Waals surface area (Å²) in [6.45, 7) is 0.497. The van der Waals surface area contributed by atoms with Gasteiger partial charge in [0.2, 0.25) is 5.91 Å². The first kappa shape index (κ1) is 19.7. The number of carbonyl (C=O) groups excluding carboxylic acids is 2. The van der Waals surface area contributed by atoms with Crippen molar-refractivity contribution in [3.8, 4) is 5.75 Å². The van der Waals surface area contributed by atoms with E-state index in [1.54, 1.807) is 12.1 Å². The monoisotopic (exact) mass is 404 g/mol. The van der Waals surface area contributed by atoms with Crippen molar-refractivity contribution < 1.29 is 27.5 Å². The number of carbonyl (C=O) groups is 2. The molecule has 0 radical (unpaired) electrons. The predicted molar refractivity (Wildman–Crippen MR) is 103 cm³/mol. The standard InChI is InChI=1S/C19H20N2O6S/c1-26-17-10-9-13(12-16(17)21-11-5-8-18(21)22)28(24,25)20-15-7-4-3-6-14(15)19(23)27-2/h3-4,6-7,9-10,12,20H,5,8,11H2,1-2H3. The van der Waals surface area contributed by atoms with Crippen LogP contribution in [-0.4, -0.2) is 41.1 Å². The summed E-state index contributed by atoms with van der Waals surface area (Å²) in [6.07, 6.45) is 1.11. The van der Waals surface area contributed by atoms with Crippen molar-refractivity contribution >= 4 is 33.3 Å². The number of ether oxygens (including phenoxy) is 2. The van der Waals surface area contributed by atoms with Gasteiger partial charge in [-0.1, -0.05) is 12.1 Å². The Labute approximate surface area is 163 Å². The summed E-state index contributed by atoms with van der Waals surface area (Å²) in [7, 11) is -1.35. The molecule has 0 unspecified atom stereocenters. The number of sulfonamides is 1. The SMILES string of the molecule is COC(=O)c1ccccc1NS(=O)(=O)c1ccc(OC)c(N2CCCC2=O)c1. The van der Waals surface area contributed by atoms with Gasteiger partial charge in [-0.25, -0.2) is 13.2 Å². The molecule has 1 aliphatic rings. The van der Waals surface area contributed by atoms with Crippen LogP contribution in [-0.2, 0) is 19.6 Å². The number of esters is 1. The average molecular weight is 404 g/mol. The molecule has 1 aliphatic heterocycles. The highest BCUT2D eigenvalue weighted by Gasteiger charge is 2.27. The lowest BCUT2D eigenvalue weighted by atomic mass is 10.2. The van der Waals surface area contributed by atoms with E-state index in [1.807, 2.05) is 0 Å². The fourth-order valence-corrected chi connectivity index (χ4v) is 4.11. The number of hydrogen-bond acceptors (Lipinski definition) is 6. The Hall–Kier alpha value is -3.07. The number of amides is 1. The molecule has 9 heteroatoms. The number of nitrogens with zero attached hydrogens (tertiary/aromatic N) is 1. The lowest BCUT2D eigenvalue weighted by molar-refractivity contribution is -0.117. The zero-order valence-electron chi connectivity index (χ0n) is 15.5. The number of anilines is 2. The van der Waals surface area contributed by atoms with Crippen LogP contribution in [0.4, 0.5) is 11.4 Å².